The molecule has 0 bridgehead atoms. The summed E-state index contributed by atoms with van der Waals surface area (Å²) < 4.78 is 11.0. The zero-order chi connectivity index (χ0) is 18.1. The van der Waals surface area contributed by atoms with E-state index in [4.69, 9.17) is 14.6 Å². The molecule has 6 nitrogen and oxygen atoms in total. The van der Waals surface area contributed by atoms with E-state index in [2.05, 4.69) is 9.97 Å². The van der Waals surface area contributed by atoms with Crippen molar-refractivity contribution in [3.05, 3.63) is 41.5 Å². The van der Waals surface area contributed by atoms with Crippen LogP contribution in [-0.2, 0) is 4.79 Å². The summed E-state index contributed by atoms with van der Waals surface area (Å²) >= 11 is 0. The Kier molecular flexibility index (Phi) is 4.35. The van der Waals surface area contributed by atoms with Gasteiger partial charge < -0.3 is 19.6 Å². The van der Waals surface area contributed by atoms with Crippen molar-refractivity contribution < 1.29 is 19.4 Å². The summed E-state index contributed by atoms with van der Waals surface area (Å²) in [6.45, 7) is 5.56. The largest absolute Gasteiger partial charge is 0.493 e. The highest BCUT2D eigenvalue weighted by atomic mass is 16.5. The summed E-state index contributed by atoms with van der Waals surface area (Å²) in [5.41, 5.74) is 4.74. The number of carbonyl (C=O) groups is 1. The topological polar surface area (TPSA) is 84.4 Å². The van der Waals surface area contributed by atoms with E-state index in [1.165, 1.54) is 19.6 Å². The van der Waals surface area contributed by atoms with Gasteiger partial charge in [-0.25, -0.2) is 9.78 Å². The van der Waals surface area contributed by atoms with Crippen LogP contribution >= 0.6 is 0 Å². The van der Waals surface area contributed by atoms with Crippen molar-refractivity contribution in [2.75, 3.05) is 7.11 Å². The quantitative estimate of drug-likeness (QED) is 0.740. The lowest BCUT2D eigenvalue weighted by Gasteiger charge is -2.16. The molecule has 0 saturated carbocycles. The van der Waals surface area contributed by atoms with Crippen molar-refractivity contribution >= 4 is 17.0 Å². The van der Waals surface area contributed by atoms with Gasteiger partial charge in [0.15, 0.2) is 17.6 Å². The number of aromatic amines is 1. The van der Waals surface area contributed by atoms with E-state index < -0.39 is 12.1 Å². The molecule has 0 unspecified atom stereocenters. The minimum Gasteiger partial charge on any atom is -0.493 e. The van der Waals surface area contributed by atoms with Gasteiger partial charge in [0.05, 0.1) is 23.7 Å². The van der Waals surface area contributed by atoms with Crippen LogP contribution in [0.15, 0.2) is 30.3 Å². The highest BCUT2D eigenvalue weighted by molar-refractivity contribution is 5.83. The average molecular weight is 340 g/mol. The van der Waals surface area contributed by atoms with E-state index in [-0.39, 0.29) is 0 Å². The Balaban J connectivity index is 2.14. The molecule has 130 valence electrons. The molecule has 0 aliphatic carbocycles. The fourth-order valence-electron chi connectivity index (χ4n) is 2.61. The lowest BCUT2D eigenvalue weighted by Crippen LogP contribution is -2.23. The number of aliphatic carboxylic acids is 1. The number of carboxylic acid groups (broad SMARTS) is 1. The molecule has 2 N–H and O–H groups in total. The van der Waals surface area contributed by atoms with Crippen molar-refractivity contribution in [2.24, 2.45) is 0 Å². The molecule has 25 heavy (non-hydrogen) atoms. The second kappa shape index (κ2) is 6.47. The van der Waals surface area contributed by atoms with Gasteiger partial charge in [-0.1, -0.05) is 6.07 Å². The number of imidazole rings is 1. The fourth-order valence-corrected chi connectivity index (χ4v) is 2.61. The Morgan fingerprint density at radius 1 is 1.24 bits per heavy atom. The molecular weight excluding hydrogens is 320 g/mol. The molecule has 0 spiro atoms. The van der Waals surface area contributed by atoms with E-state index in [9.17, 15) is 4.79 Å². The number of benzene rings is 2. The molecule has 6 heteroatoms. The van der Waals surface area contributed by atoms with E-state index in [1.807, 2.05) is 38.1 Å². The predicted octanol–water partition coefficient (Wildman–Crippen LogP) is 3.71. The molecule has 0 aliphatic heterocycles. The van der Waals surface area contributed by atoms with Gasteiger partial charge in [0.1, 0.15) is 5.82 Å². The first-order chi connectivity index (χ1) is 11.9. The molecular formula is C19H20N2O4. The number of aromatic nitrogens is 2. The molecule has 0 amide bonds. The number of nitrogens with one attached hydrogen (secondary N) is 1. The van der Waals surface area contributed by atoms with Gasteiger partial charge in [0.2, 0.25) is 0 Å². The van der Waals surface area contributed by atoms with E-state index in [0.29, 0.717) is 22.9 Å². The highest BCUT2D eigenvalue weighted by Gasteiger charge is 2.21. The van der Waals surface area contributed by atoms with Gasteiger partial charge in [-0.2, -0.15) is 0 Å². The molecule has 0 fully saturated rings. The number of aryl methyl sites for hydroxylation is 2. The Hall–Kier alpha value is -3.02. The number of hydrogen-bond acceptors (Lipinski definition) is 4. The number of para-hydroxylation sites is 1. The predicted molar refractivity (Wildman–Crippen MR) is 95.3 cm³/mol. The van der Waals surface area contributed by atoms with Crippen LogP contribution in [0, 0.1) is 13.8 Å². The second-order valence-corrected chi connectivity index (χ2v) is 5.97. The van der Waals surface area contributed by atoms with E-state index in [1.54, 1.807) is 6.07 Å². The first-order valence-corrected chi connectivity index (χ1v) is 7.94. The summed E-state index contributed by atoms with van der Waals surface area (Å²) in [6.07, 6.45) is -1.01. The Labute approximate surface area is 145 Å². The molecule has 1 aromatic heterocycles. The number of methoxy groups -OCH3 is 1. The third-order valence-electron chi connectivity index (χ3n) is 4.19. The number of nitrogens with zero attached hydrogens (tertiary/aromatic N) is 1. The van der Waals surface area contributed by atoms with Crippen molar-refractivity contribution in [1.82, 2.24) is 9.97 Å². The molecule has 3 rings (SSSR count). The summed E-state index contributed by atoms with van der Waals surface area (Å²) in [6, 6.07) is 9.43. The van der Waals surface area contributed by atoms with Crippen LogP contribution in [0.3, 0.4) is 0 Å². The number of hydrogen-bond donors (Lipinski definition) is 2. The molecule has 0 saturated heterocycles. The summed E-state index contributed by atoms with van der Waals surface area (Å²) in [4.78, 5) is 19.1. The van der Waals surface area contributed by atoms with Gasteiger partial charge >= 0.3 is 5.97 Å². The maximum Gasteiger partial charge on any atom is 0.344 e. The number of H-pyrrole nitrogens is 1. The van der Waals surface area contributed by atoms with Crippen LogP contribution in [0.4, 0.5) is 0 Å². The van der Waals surface area contributed by atoms with Gasteiger partial charge in [-0.05, 0) is 56.2 Å². The zero-order valence-electron chi connectivity index (χ0n) is 14.6. The number of ether oxygens (including phenoxy) is 2. The van der Waals surface area contributed by atoms with Crippen LogP contribution in [0.25, 0.3) is 22.4 Å². The average Bonchev–Trinajstić information content (AvgIpc) is 2.97. The van der Waals surface area contributed by atoms with Crippen molar-refractivity contribution in [2.45, 2.75) is 26.9 Å². The summed E-state index contributed by atoms with van der Waals surface area (Å²) in [5, 5.41) is 9.15. The monoisotopic (exact) mass is 340 g/mol. The Bertz CT molecular complexity index is 907. The lowest BCUT2D eigenvalue weighted by atomic mass is 10.1. The molecule has 3 aromatic rings. The first-order valence-electron chi connectivity index (χ1n) is 7.94. The third kappa shape index (κ3) is 3.15. The van der Waals surface area contributed by atoms with E-state index >= 15 is 0 Å². The van der Waals surface area contributed by atoms with E-state index in [0.717, 1.165) is 16.6 Å². The van der Waals surface area contributed by atoms with Crippen LogP contribution in [-0.4, -0.2) is 34.3 Å². The normalized spacial score (nSPS) is 12.2. The molecule has 0 radical (unpaired) electrons. The number of carboxylic acids is 1. The Morgan fingerprint density at radius 2 is 1.96 bits per heavy atom. The first kappa shape index (κ1) is 16.8. The van der Waals surface area contributed by atoms with Gasteiger partial charge in [-0.15, -0.1) is 0 Å². The van der Waals surface area contributed by atoms with Crippen LogP contribution in [0.5, 0.6) is 11.5 Å². The minimum absolute atomic E-state index is 0.354. The van der Waals surface area contributed by atoms with Crippen molar-refractivity contribution in [3.63, 3.8) is 0 Å². The SMILES string of the molecule is COc1cccc(-c2nc3cc(C)c(C)cc3[nH]2)c1O[C@@H](C)C(=O)O. The second-order valence-electron chi connectivity index (χ2n) is 5.97. The third-order valence-corrected chi connectivity index (χ3v) is 4.19. The summed E-state index contributed by atoms with van der Waals surface area (Å²) in [5.74, 6) is 0.366. The van der Waals surface area contributed by atoms with Crippen molar-refractivity contribution in [1.29, 1.82) is 0 Å². The number of fused-ring (bicyclic) bond motifs is 1. The fraction of sp³-hybridized carbons (Fsp3) is 0.263. The van der Waals surface area contributed by atoms with Crippen LogP contribution in [0.1, 0.15) is 18.1 Å². The highest BCUT2D eigenvalue weighted by Crippen LogP contribution is 2.38. The maximum atomic E-state index is 11.2. The summed E-state index contributed by atoms with van der Waals surface area (Å²) in [7, 11) is 1.52. The standard InChI is InChI=1S/C19H20N2O4/c1-10-8-14-15(9-11(10)2)21-18(20-14)13-6-5-7-16(24-4)17(13)25-12(3)19(22)23/h5-9,12H,1-4H3,(H,20,21)(H,22,23)/t12-/m0/s1. The van der Waals surface area contributed by atoms with Gasteiger partial charge in [-0.3, -0.25) is 0 Å². The van der Waals surface area contributed by atoms with Crippen molar-refractivity contribution in [3.8, 4) is 22.9 Å². The Morgan fingerprint density at radius 3 is 2.64 bits per heavy atom. The molecule has 1 atom stereocenters. The van der Waals surface area contributed by atoms with Gasteiger partial charge in [0, 0.05) is 0 Å². The molecule has 2 aromatic carbocycles. The van der Waals surface area contributed by atoms with Crippen LogP contribution in [0.2, 0.25) is 0 Å². The lowest BCUT2D eigenvalue weighted by molar-refractivity contribution is -0.144. The zero-order valence-corrected chi connectivity index (χ0v) is 14.6. The smallest absolute Gasteiger partial charge is 0.344 e. The van der Waals surface area contributed by atoms with Crippen LogP contribution < -0.4 is 9.47 Å². The molecule has 0 aliphatic rings. The maximum absolute atomic E-state index is 11.2. The minimum atomic E-state index is -1.05. The number of rotatable bonds is 5. The molecule has 1 heterocycles. The van der Waals surface area contributed by atoms with Gasteiger partial charge in [0.25, 0.3) is 0 Å².